The van der Waals surface area contributed by atoms with Crippen molar-refractivity contribution in [1.29, 1.82) is 0 Å². The second-order valence-corrected chi connectivity index (χ2v) is 7.36. The van der Waals surface area contributed by atoms with Gasteiger partial charge in [-0.15, -0.1) is 0 Å². The van der Waals surface area contributed by atoms with E-state index in [1.165, 1.54) is 6.07 Å². The van der Waals surface area contributed by atoms with Crippen molar-refractivity contribution < 1.29 is 18.7 Å². The van der Waals surface area contributed by atoms with E-state index in [1.54, 1.807) is 13.1 Å². The summed E-state index contributed by atoms with van der Waals surface area (Å²) in [6.07, 6.45) is 2.53. The zero-order valence-corrected chi connectivity index (χ0v) is 17.1. The van der Waals surface area contributed by atoms with Gasteiger partial charge in [-0.3, -0.25) is 14.7 Å². The minimum absolute atomic E-state index is 0.241. The molecule has 1 aliphatic rings. The molecule has 1 aliphatic heterocycles. The van der Waals surface area contributed by atoms with Gasteiger partial charge in [0, 0.05) is 37.2 Å². The first-order chi connectivity index (χ1) is 14.5. The average Bonchev–Trinajstić information content (AvgIpc) is 2.73. The van der Waals surface area contributed by atoms with E-state index in [-0.39, 0.29) is 18.0 Å². The Bertz CT molecular complexity index is 1120. The highest BCUT2D eigenvalue weighted by Gasteiger charge is 2.26. The Morgan fingerprint density at radius 1 is 1.30 bits per heavy atom. The van der Waals surface area contributed by atoms with Gasteiger partial charge in [-0.1, -0.05) is 6.07 Å². The zero-order valence-electron chi connectivity index (χ0n) is 17.1. The number of carbonyl (C=O) groups excluding carboxylic acids is 1. The first kappa shape index (κ1) is 20.1. The quantitative estimate of drug-likeness (QED) is 0.457. The highest BCUT2D eigenvalue weighted by atomic mass is 16.5. The lowest BCUT2D eigenvalue weighted by Crippen LogP contribution is -2.32. The highest BCUT2D eigenvalue weighted by molar-refractivity contribution is 5.86. The Morgan fingerprint density at radius 3 is 2.93 bits per heavy atom. The van der Waals surface area contributed by atoms with Gasteiger partial charge in [0.25, 0.3) is 0 Å². The number of benzene rings is 1. The zero-order chi connectivity index (χ0) is 21.1. The summed E-state index contributed by atoms with van der Waals surface area (Å²) in [5, 5.41) is 0.857. The molecule has 0 spiro atoms. The first-order valence-electron chi connectivity index (χ1n) is 10.0. The van der Waals surface area contributed by atoms with Crippen LogP contribution in [-0.2, 0) is 29.0 Å². The molecule has 156 valence electrons. The van der Waals surface area contributed by atoms with Crippen LogP contribution < -0.4 is 10.4 Å². The lowest BCUT2D eigenvalue weighted by atomic mass is 9.97. The fraction of sp³-hybridized carbons (Fsp3) is 0.348. The number of esters is 1. The van der Waals surface area contributed by atoms with E-state index in [2.05, 4.69) is 9.88 Å². The van der Waals surface area contributed by atoms with Crippen LogP contribution in [0.1, 0.15) is 35.7 Å². The summed E-state index contributed by atoms with van der Waals surface area (Å²) in [6, 6.07) is 9.24. The third kappa shape index (κ3) is 4.21. The van der Waals surface area contributed by atoms with Gasteiger partial charge in [-0.05, 0) is 49.6 Å². The van der Waals surface area contributed by atoms with Crippen molar-refractivity contribution in [2.45, 2.75) is 39.8 Å². The molecule has 0 N–H and O–H groups in total. The molecule has 0 amide bonds. The summed E-state index contributed by atoms with van der Waals surface area (Å²) >= 11 is 0. The van der Waals surface area contributed by atoms with Gasteiger partial charge in [0.05, 0.1) is 17.9 Å². The van der Waals surface area contributed by atoms with E-state index >= 15 is 0 Å². The summed E-state index contributed by atoms with van der Waals surface area (Å²) in [7, 11) is 0. The molecule has 3 aromatic rings. The van der Waals surface area contributed by atoms with Gasteiger partial charge < -0.3 is 13.9 Å². The number of fused-ring (bicyclic) bond motifs is 3. The maximum Gasteiger partial charge on any atom is 0.336 e. The van der Waals surface area contributed by atoms with E-state index in [0.29, 0.717) is 44.2 Å². The van der Waals surface area contributed by atoms with Crippen LogP contribution >= 0.6 is 0 Å². The second-order valence-electron chi connectivity index (χ2n) is 7.36. The maximum absolute atomic E-state index is 12.0. The number of aryl methyl sites for hydroxylation is 2. The molecule has 0 unspecified atom stereocenters. The van der Waals surface area contributed by atoms with Crippen LogP contribution in [-0.4, -0.2) is 29.2 Å². The minimum atomic E-state index is -0.386. The second kappa shape index (κ2) is 8.67. The number of hydrogen-bond donors (Lipinski definition) is 0. The standard InChI is InChI=1S/C23H24N2O5/c1-3-28-20(26)8-7-16-11-18-15(2)10-21(27)30-23(18)19-13-25(14-29-22(16)19)12-17-6-4-5-9-24-17/h4-6,9-11H,3,7-8,12-14H2,1-2H3. The van der Waals surface area contributed by atoms with Crippen LogP contribution in [0.4, 0.5) is 0 Å². The summed E-state index contributed by atoms with van der Waals surface area (Å²) in [5.41, 5.74) is 3.67. The van der Waals surface area contributed by atoms with Gasteiger partial charge in [0.1, 0.15) is 18.1 Å². The third-order valence-electron chi connectivity index (χ3n) is 5.15. The fourth-order valence-electron chi connectivity index (χ4n) is 3.79. The molecule has 7 nitrogen and oxygen atoms in total. The number of ether oxygens (including phenoxy) is 2. The Kier molecular flexibility index (Phi) is 5.81. The van der Waals surface area contributed by atoms with Gasteiger partial charge in [-0.25, -0.2) is 4.79 Å². The molecule has 0 radical (unpaired) electrons. The smallest absolute Gasteiger partial charge is 0.336 e. The van der Waals surface area contributed by atoms with Crippen LogP contribution in [0.25, 0.3) is 11.0 Å². The molecule has 0 atom stereocenters. The summed E-state index contributed by atoms with van der Waals surface area (Å²) in [4.78, 5) is 30.4. The van der Waals surface area contributed by atoms with Crippen molar-refractivity contribution in [2.75, 3.05) is 13.3 Å². The van der Waals surface area contributed by atoms with E-state index in [0.717, 1.165) is 27.8 Å². The van der Waals surface area contributed by atoms with Crippen LogP contribution in [0.5, 0.6) is 5.75 Å². The topological polar surface area (TPSA) is 81.9 Å². The van der Waals surface area contributed by atoms with Crippen LogP contribution in [0.15, 0.2) is 45.7 Å². The van der Waals surface area contributed by atoms with Gasteiger partial charge in [-0.2, -0.15) is 0 Å². The molecule has 7 heteroatoms. The molecule has 4 rings (SSSR count). The van der Waals surface area contributed by atoms with Gasteiger partial charge >= 0.3 is 11.6 Å². The number of rotatable bonds is 6. The predicted octanol–water partition coefficient (Wildman–Crippen LogP) is 3.34. The van der Waals surface area contributed by atoms with Crippen LogP contribution in [0, 0.1) is 6.92 Å². The lowest BCUT2D eigenvalue weighted by Gasteiger charge is -2.30. The van der Waals surface area contributed by atoms with Crippen molar-refractivity contribution in [2.24, 2.45) is 0 Å². The largest absolute Gasteiger partial charge is 0.477 e. The van der Waals surface area contributed by atoms with Crippen molar-refractivity contribution >= 4 is 16.9 Å². The fourth-order valence-corrected chi connectivity index (χ4v) is 3.79. The van der Waals surface area contributed by atoms with E-state index in [1.807, 2.05) is 31.2 Å². The Hall–Kier alpha value is -3.19. The van der Waals surface area contributed by atoms with E-state index in [4.69, 9.17) is 13.9 Å². The van der Waals surface area contributed by atoms with Crippen LogP contribution in [0.2, 0.25) is 0 Å². The molecule has 30 heavy (non-hydrogen) atoms. The highest BCUT2D eigenvalue weighted by Crippen LogP contribution is 2.37. The number of nitrogens with zero attached hydrogens (tertiary/aromatic N) is 2. The SMILES string of the molecule is CCOC(=O)CCc1cc2c(C)cc(=O)oc2c2c1OCN(Cc1ccccn1)C2. The monoisotopic (exact) mass is 408 g/mol. The third-order valence-corrected chi connectivity index (χ3v) is 5.15. The number of hydrogen-bond acceptors (Lipinski definition) is 7. The first-order valence-corrected chi connectivity index (χ1v) is 10.0. The molecule has 1 aromatic carbocycles. The molecule has 0 aliphatic carbocycles. The summed E-state index contributed by atoms with van der Waals surface area (Å²) in [6.45, 7) is 5.60. The average molecular weight is 408 g/mol. The van der Waals surface area contributed by atoms with Gasteiger partial charge in [0.15, 0.2) is 0 Å². The van der Waals surface area contributed by atoms with E-state index < -0.39 is 0 Å². The summed E-state index contributed by atoms with van der Waals surface area (Å²) < 4.78 is 16.8. The Morgan fingerprint density at radius 2 is 2.17 bits per heavy atom. The normalized spacial score (nSPS) is 13.7. The van der Waals surface area contributed by atoms with Crippen molar-refractivity contribution in [3.8, 4) is 5.75 Å². The van der Waals surface area contributed by atoms with Crippen molar-refractivity contribution in [1.82, 2.24) is 9.88 Å². The summed E-state index contributed by atoms with van der Waals surface area (Å²) in [5.74, 6) is 0.452. The maximum atomic E-state index is 12.0. The van der Waals surface area contributed by atoms with Crippen molar-refractivity contribution in [3.63, 3.8) is 0 Å². The molecule has 3 heterocycles. The molecule has 0 bridgehead atoms. The molecule has 0 fully saturated rings. The Labute approximate surface area is 174 Å². The minimum Gasteiger partial charge on any atom is -0.477 e. The Balaban J connectivity index is 1.71. The van der Waals surface area contributed by atoms with Crippen LogP contribution in [0.3, 0.4) is 0 Å². The van der Waals surface area contributed by atoms with Crippen molar-refractivity contribution in [3.05, 3.63) is 69.3 Å². The molecule has 2 aromatic heterocycles. The molecular formula is C23H24N2O5. The van der Waals surface area contributed by atoms with Gasteiger partial charge in [0.2, 0.25) is 0 Å². The van der Waals surface area contributed by atoms with E-state index in [9.17, 15) is 9.59 Å². The molecular weight excluding hydrogens is 384 g/mol. The molecule has 0 saturated carbocycles. The predicted molar refractivity (Wildman–Crippen MR) is 111 cm³/mol. The number of pyridine rings is 1. The molecule has 0 saturated heterocycles. The number of carbonyl (C=O) groups is 1. The lowest BCUT2D eigenvalue weighted by molar-refractivity contribution is -0.143. The number of aromatic nitrogens is 1.